The Morgan fingerprint density at radius 3 is 2.65 bits per heavy atom. The number of rotatable bonds is 9. The van der Waals surface area contributed by atoms with E-state index in [1.807, 2.05) is 23.9 Å². The van der Waals surface area contributed by atoms with Crippen LogP contribution in [0, 0.1) is 0 Å². The summed E-state index contributed by atoms with van der Waals surface area (Å²) in [4.78, 5) is 1.30. The third-order valence-corrected chi connectivity index (χ3v) is 3.76. The standard InChI is InChI=1S/C13H20ClNOS/c1-16-10-9-15-8-2-3-11-17-13-6-4-12(14)5-7-13/h4-7,15H,2-3,8-11H2,1H3/p+1. The van der Waals surface area contributed by atoms with E-state index in [0.29, 0.717) is 0 Å². The van der Waals surface area contributed by atoms with Crippen molar-refractivity contribution in [2.75, 3.05) is 32.6 Å². The van der Waals surface area contributed by atoms with E-state index in [1.165, 1.54) is 30.0 Å². The number of benzene rings is 1. The van der Waals surface area contributed by atoms with Crippen molar-refractivity contribution < 1.29 is 10.1 Å². The van der Waals surface area contributed by atoms with Gasteiger partial charge < -0.3 is 10.1 Å². The molecular formula is C13H21ClNOS+. The third kappa shape index (κ3) is 7.66. The number of unbranched alkanes of at least 4 members (excludes halogenated alkanes) is 1. The van der Waals surface area contributed by atoms with Crippen LogP contribution in [0.25, 0.3) is 0 Å². The van der Waals surface area contributed by atoms with Gasteiger partial charge in [-0.3, -0.25) is 0 Å². The minimum Gasteiger partial charge on any atom is -0.379 e. The van der Waals surface area contributed by atoms with Crippen LogP contribution in [0.2, 0.25) is 5.02 Å². The van der Waals surface area contributed by atoms with E-state index in [1.54, 1.807) is 7.11 Å². The van der Waals surface area contributed by atoms with Gasteiger partial charge >= 0.3 is 0 Å². The second-order valence-corrected chi connectivity index (χ2v) is 5.47. The van der Waals surface area contributed by atoms with E-state index in [4.69, 9.17) is 16.3 Å². The zero-order valence-corrected chi connectivity index (χ0v) is 11.9. The molecule has 2 N–H and O–H groups in total. The van der Waals surface area contributed by atoms with Crippen molar-refractivity contribution in [3.63, 3.8) is 0 Å². The van der Waals surface area contributed by atoms with Gasteiger partial charge in [0, 0.05) is 17.0 Å². The van der Waals surface area contributed by atoms with Crippen LogP contribution in [0.15, 0.2) is 29.2 Å². The van der Waals surface area contributed by atoms with Crippen molar-refractivity contribution in [3.05, 3.63) is 29.3 Å². The second kappa shape index (κ2) is 9.77. The highest BCUT2D eigenvalue weighted by Gasteiger charge is 1.96. The van der Waals surface area contributed by atoms with Gasteiger partial charge in [0.05, 0.1) is 19.7 Å². The lowest BCUT2D eigenvalue weighted by molar-refractivity contribution is -0.656. The Morgan fingerprint density at radius 2 is 1.94 bits per heavy atom. The molecule has 0 bridgehead atoms. The molecule has 2 nitrogen and oxygen atoms in total. The van der Waals surface area contributed by atoms with Crippen LogP contribution in [0.3, 0.4) is 0 Å². The summed E-state index contributed by atoms with van der Waals surface area (Å²) in [5.74, 6) is 1.18. The van der Waals surface area contributed by atoms with E-state index in [9.17, 15) is 0 Å². The number of hydrogen-bond donors (Lipinski definition) is 1. The molecule has 1 rings (SSSR count). The van der Waals surface area contributed by atoms with Gasteiger partial charge in [-0.05, 0) is 42.9 Å². The largest absolute Gasteiger partial charge is 0.379 e. The van der Waals surface area contributed by atoms with Crippen LogP contribution in [-0.2, 0) is 4.74 Å². The Balaban J connectivity index is 1.95. The molecule has 1 aromatic carbocycles. The lowest BCUT2D eigenvalue weighted by Crippen LogP contribution is -2.85. The van der Waals surface area contributed by atoms with E-state index in [2.05, 4.69) is 17.4 Å². The monoisotopic (exact) mass is 274 g/mol. The number of hydrogen-bond acceptors (Lipinski definition) is 2. The fraction of sp³-hybridized carbons (Fsp3) is 0.538. The molecule has 0 aliphatic carbocycles. The average Bonchev–Trinajstić information content (AvgIpc) is 2.35. The zero-order chi connectivity index (χ0) is 12.3. The Morgan fingerprint density at radius 1 is 1.18 bits per heavy atom. The van der Waals surface area contributed by atoms with Crippen LogP contribution < -0.4 is 5.32 Å². The van der Waals surface area contributed by atoms with Crippen LogP contribution >= 0.6 is 23.4 Å². The lowest BCUT2D eigenvalue weighted by Gasteiger charge is -2.02. The predicted molar refractivity (Wildman–Crippen MR) is 74.9 cm³/mol. The van der Waals surface area contributed by atoms with Crippen molar-refractivity contribution in [2.24, 2.45) is 0 Å². The topological polar surface area (TPSA) is 25.8 Å². The van der Waals surface area contributed by atoms with E-state index in [-0.39, 0.29) is 0 Å². The smallest absolute Gasteiger partial charge is 0.0993 e. The molecule has 0 saturated carbocycles. The van der Waals surface area contributed by atoms with Crippen LogP contribution in [0.1, 0.15) is 12.8 Å². The summed E-state index contributed by atoms with van der Waals surface area (Å²) in [7, 11) is 1.75. The predicted octanol–water partition coefficient (Wildman–Crippen LogP) is 2.42. The molecule has 0 heterocycles. The van der Waals surface area contributed by atoms with Crippen molar-refractivity contribution in [1.29, 1.82) is 0 Å². The molecule has 4 heteroatoms. The van der Waals surface area contributed by atoms with Gasteiger partial charge in [0.1, 0.15) is 0 Å². The number of nitrogens with two attached hydrogens (primary N) is 1. The number of halogens is 1. The molecule has 0 spiro atoms. The molecule has 0 radical (unpaired) electrons. The maximum absolute atomic E-state index is 5.83. The second-order valence-electron chi connectivity index (χ2n) is 3.87. The van der Waals surface area contributed by atoms with Gasteiger partial charge in [0.15, 0.2) is 0 Å². The van der Waals surface area contributed by atoms with Crippen LogP contribution in [0.5, 0.6) is 0 Å². The van der Waals surface area contributed by atoms with Crippen LogP contribution in [0.4, 0.5) is 0 Å². The highest BCUT2D eigenvalue weighted by molar-refractivity contribution is 7.99. The van der Waals surface area contributed by atoms with Gasteiger partial charge in [-0.15, -0.1) is 11.8 Å². The molecule has 0 aromatic heterocycles. The molecule has 0 atom stereocenters. The maximum Gasteiger partial charge on any atom is 0.0993 e. The highest BCUT2D eigenvalue weighted by atomic mass is 35.5. The SMILES string of the molecule is COCC[NH2+]CCCCSc1ccc(Cl)cc1. The van der Waals surface area contributed by atoms with Gasteiger partial charge in [-0.1, -0.05) is 11.6 Å². The normalized spacial score (nSPS) is 10.7. The molecule has 17 heavy (non-hydrogen) atoms. The van der Waals surface area contributed by atoms with E-state index >= 15 is 0 Å². The van der Waals surface area contributed by atoms with Gasteiger partial charge in [-0.2, -0.15) is 0 Å². The van der Waals surface area contributed by atoms with Crippen molar-refractivity contribution in [2.45, 2.75) is 17.7 Å². The number of quaternary nitrogens is 1. The minimum absolute atomic E-state index is 0.807. The summed E-state index contributed by atoms with van der Waals surface area (Å²) in [6.07, 6.45) is 2.53. The summed E-state index contributed by atoms with van der Waals surface area (Å²) in [6.45, 7) is 3.12. The fourth-order valence-electron chi connectivity index (χ4n) is 1.46. The summed E-state index contributed by atoms with van der Waals surface area (Å²) < 4.78 is 4.99. The molecule has 96 valence electrons. The molecular weight excluding hydrogens is 254 g/mol. The Bertz CT molecular complexity index is 292. The lowest BCUT2D eigenvalue weighted by atomic mass is 10.3. The third-order valence-electron chi connectivity index (χ3n) is 2.41. The molecule has 0 aliphatic heterocycles. The summed E-state index contributed by atoms with van der Waals surface area (Å²) in [5, 5.41) is 3.12. The Kier molecular flexibility index (Phi) is 8.53. The first-order chi connectivity index (χ1) is 8.33. The van der Waals surface area contributed by atoms with Gasteiger partial charge in [-0.25, -0.2) is 0 Å². The maximum atomic E-state index is 5.83. The molecule has 0 saturated heterocycles. The quantitative estimate of drug-likeness (QED) is 0.553. The minimum atomic E-state index is 0.807. The average molecular weight is 275 g/mol. The Labute approximate surface area is 113 Å². The van der Waals surface area contributed by atoms with E-state index < -0.39 is 0 Å². The molecule has 0 aliphatic rings. The molecule has 0 amide bonds. The Hall–Kier alpha value is -0.220. The number of methoxy groups -OCH3 is 1. The fourth-order valence-corrected chi connectivity index (χ4v) is 2.50. The summed E-state index contributed by atoms with van der Waals surface area (Å²) >= 11 is 7.73. The van der Waals surface area contributed by atoms with Gasteiger partial charge in [0.25, 0.3) is 0 Å². The summed E-state index contributed by atoms with van der Waals surface area (Å²) in [5.41, 5.74) is 0. The molecule has 0 fully saturated rings. The van der Waals surface area contributed by atoms with Crippen molar-refractivity contribution in [1.82, 2.24) is 0 Å². The first-order valence-electron chi connectivity index (χ1n) is 6.02. The summed E-state index contributed by atoms with van der Waals surface area (Å²) in [6, 6.07) is 8.06. The molecule has 0 unspecified atom stereocenters. The zero-order valence-electron chi connectivity index (χ0n) is 10.3. The first kappa shape index (κ1) is 14.8. The molecule has 1 aromatic rings. The first-order valence-corrected chi connectivity index (χ1v) is 7.38. The van der Waals surface area contributed by atoms with Crippen LogP contribution in [-0.4, -0.2) is 32.6 Å². The number of ether oxygens (including phenoxy) is 1. The van der Waals surface area contributed by atoms with Crippen molar-refractivity contribution in [3.8, 4) is 0 Å². The van der Waals surface area contributed by atoms with Crippen molar-refractivity contribution >= 4 is 23.4 Å². The highest BCUT2D eigenvalue weighted by Crippen LogP contribution is 2.21. The van der Waals surface area contributed by atoms with E-state index in [0.717, 1.165) is 18.2 Å². The van der Waals surface area contributed by atoms with Gasteiger partial charge in [0.2, 0.25) is 0 Å². The number of thioether (sulfide) groups is 1.